The quantitative estimate of drug-likeness (QED) is 0.742. The van der Waals surface area contributed by atoms with Crippen molar-refractivity contribution in [1.82, 2.24) is 5.32 Å². The van der Waals surface area contributed by atoms with Gasteiger partial charge in [-0.2, -0.15) is 13.2 Å². The molecule has 0 unspecified atom stereocenters. The second kappa shape index (κ2) is 3.59. The van der Waals surface area contributed by atoms with E-state index in [1.807, 2.05) is 0 Å². The van der Waals surface area contributed by atoms with Gasteiger partial charge in [-0.3, -0.25) is 9.59 Å². The van der Waals surface area contributed by atoms with Crippen LogP contribution in [0.15, 0.2) is 0 Å². The molecular formula is C9H10F3NO4. The molecule has 1 heterocycles. The van der Waals surface area contributed by atoms with Crippen molar-refractivity contribution in [1.29, 1.82) is 0 Å². The van der Waals surface area contributed by atoms with Gasteiger partial charge in [-0.05, 0) is 12.8 Å². The molecule has 1 aliphatic carbocycles. The molecule has 0 spiro atoms. The van der Waals surface area contributed by atoms with Gasteiger partial charge in [0, 0.05) is 0 Å². The highest BCUT2D eigenvalue weighted by molar-refractivity contribution is 5.82. The van der Waals surface area contributed by atoms with Gasteiger partial charge in [-0.25, -0.2) is 0 Å². The molecule has 0 aromatic rings. The van der Waals surface area contributed by atoms with Crippen molar-refractivity contribution in [2.24, 2.45) is 5.41 Å². The van der Waals surface area contributed by atoms with E-state index in [9.17, 15) is 22.8 Å². The van der Waals surface area contributed by atoms with Crippen molar-refractivity contribution >= 4 is 11.9 Å². The van der Waals surface area contributed by atoms with Gasteiger partial charge < -0.3 is 15.2 Å². The first-order chi connectivity index (χ1) is 7.74. The number of hydrogen-bond donors (Lipinski definition) is 2. The minimum atomic E-state index is -4.96. The van der Waals surface area contributed by atoms with Crippen LogP contribution in [0.3, 0.4) is 0 Å². The minimum absolute atomic E-state index is 0.00854. The zero-order valence-corrected chi connectivity index (χ0v) is 8.58. The van der Waals surface area contributed by atoms with Gasteiger partial charge in [-0.1, -0.05) is 0 Å². The fourth-order valence-corrected chi connectivity index (χ4v) is 2.35. The number of fused-ring (bicyclic) bond motifs is 2. The molecule has 3 atom stereocenters. The average Bonchev–Trinajstić information content (AvgIpc) is 2.74. The van der Waals surface area contributed by atoms with Gasteiger partial charge in [0.1, 0.15) is 0 Å². The maximum atomic E-state index is 12.0. The third-order valence-electron chi connectivity index (χ3n) is 3.25. The van der Waals surface area contributed by atoms with Crippen molar-refractivity contribution in [3.8, 4) is 0 Å². The molecule has 1 aliphatic heterocycles. The van der Waals surface area contributed by atoms with Crippen LogP contribution in [0.4, 0.5) is 13.2 Å². The molecule has 2 aliphatic rings. The summed E-state index contributed by atoms with van der Waals surface area (Å²) in [7, 11) is 0. The predicted octanol–water partition coefficient (Wildman–Crippen LogP) is 0.297. The third-order valence-corrected chi connectivity index (χ3v) is 3.25. The molecule has 8 heteroatoms. The monoisotopic (exact) mass is 253 g/mol. The van der Waals surface area contributed by atoms with Crippen LogP contribution < -0.4 is 5.32 Å². The normalized spacial score (nSPS) is 35.9. The van der Waals surface area contributed by atoms with Crippen LogP contribution in [0.5, 0.6) is 0 Å². The molecule has 1 amide bonds. The van der Waals surface area contributed by atoms with E-state index in [-0.39, 0.29) is 19.4 Å². The fraction of sp³-hybridized carbons (Fsp3) is 0.778. The molecule has 2 bridgehead atoms. The molecule has 2 rings (SSSR count). The van der Waals surface area contributed by atoms with Gasteiger partial charge in [0.05, 0.1) is 24.2 Å². The molecule has 0 radical (unpaired) electrons. The lowest BCUT2D eigenvalue weighted by Crippen LogP contribution is -2.49. The molecule has 1 saturated carbocycles. The Balaban J connectivity index is 2.03. The average molecular weight is 253 g/mol. The van der Waals surface area contributed by atoms with Gasteiger partial charge in [0.2, 0.25) is 0 Å². The number of carbonyl (C=O) groups is 2. The Bertz CT molecular complexity index is 370. The summed E-state index contributed by atoms with van der Waals surface area (Å²) in [5, 5.41) is 10.8. The van der Waals surface area contributed by atoms with Crippen LogP contribution >= 0.6 is 0 Å². The van der Waals surface area contributed by atoms with E-state index in [0.717, 1.165) is 0 Å². The maximum absolute atomic E-state index is 12.0. The molecule has 17 heavy (non-hydrogen) atoms. The lowest BCUT2D eigenvalue weighted by Gasteiger charge is -2.27. The van der Waals surface area contributed by atoms with Crippen LogP contribution in [-0.4, -0.2) is 41.9 Å². The van der Waals surface area contributed by atoms with E-state index in [0.29, 0.717) is 0 Å². The number of carboxylic acid groups (broad SMARTS) is 1. The number of hydrogen-bond acceptors (Lipinski definition) is 3. The molecule has 1 saturated heterocycles. The highest BCUT2D eigenvalue weighted by atomic mass is 19.4. The zero-order chi connectivity index (χ0) is 12.8. The zero-order valence-electron chi connectivity index (χ0n) is 8.58. The smallest absolute Gasteiger partial charge is 0.471 e. The van der Waals surface area contributed by atoms with E-state index in [1.165, 1.54) is 0 Å². The summed E-state index contributed by atoms with van der Waals surface area (Å²) in [5.41, 5.74) is -1.14. The lowest BCUT2D eigenvalue weighted by atomic mass is 9.88. The molecule has 2 fully saturated rings. The van der Waals surface area contributed by atoms with Crippen LogP contribution in [0, 0.1) is 5.41 Å². The first kappa shape index (κ1) is 12.2. The summed E-state index contributed by atoms with van der Waals surface area (Å²) in [5.74, 6) is -3.15. The van der Waals surface area contributed by atoms with Crippen molar-refractivity contribution < 1.29 is 32.6 Å². The summed E-state index contributed by atoms with van der Waals surface area (Å²) in [6, 6.07) is -0.881. The Kier molecular flexibility index (Phi) is 2.57. The number of alkyl halides is 3. The predicted molar refractivity (Wildman–Crippen MR) is 47.0 cm³/mol. The number of aliphatic carboxylic acids is 1. The van der Waals surface area contributed by atoms with E-state index in [4.69, 9.17) is 9.84 Å². The van der Waals surface area contributed by atoms with Gasteiger partial charge >= 0.3 is 18.1 Å². The fourth-order valence-electron chi connectivity index (χ4n) is 2.35. The van der Waals surface area contributed by atoms with Crippen LogP contribution in [0.25, 0.3) is 0 Å². The first-order valence-corrected chi connectivity index (χ1v) is 4.97. The Labute approximate surface area is 93.9 Å². The Morgan fingerprint density at radius 3 is 2.47 bits per heavy atom. The van der Waals surface area contributed by atoms with Crippen molar-refractivity contribution in [3.63, 3.8) is 0 Å². The lowest BCUT2D eigenvalue weighted by molar-refractivity contribution is -0.175. The third kappa shape index (κ3) is 1.97. The Morgan fingerprint density at radius 2 is 2.00 bits per heavy atom. The number of halogens is 3. The second-order valence-electron chi connectivity index (χ2n) is 4.42. The summed E-state index contributed by atoms with van der Waals surface area (Å²) in [6.07, 6.45) is -5.48. The molecule has 5 nitrogen and oxygen atoms in total. The number of carbonyl (C=O) groups excluding carboxylic acids is 1. The topological polar surface area (TPSA) is 75.6 Å². The molecule has 0 aromatic carbocycles. The van der Waals surface area contributed by atoms with Crippen molar-refractivity contribution in [2.75, 3.05) is 6.61 Å². The van der Waals surface area contributed by atoms with Gasteiger partial charge in [0.15, 0.2) is 0 Å². The Morgan fingerprint density at radius 1 is 1.35 bits per heavy atom. The summed E-state index contributed by atoms with van der Waals surface area (Å²) in [4.78, 5) is 21.7. The van der Waals surface area contributed by atoms with Crippen molar-refractivity contribution in [3.05, 3.63) is 0 Å². The van der Waals surface area contributed by atoms with Gasteiger partial charge in [-0.15, -0.1) is 0 Å². The van der Waals surface area contributed by atoms with Crippen LogP contribution in [0.2, 0.25) is 0 Å². The minimum Gasteiger partial charge on any atom is -0.481 e. The second-order valence-corrected chi connectivity index (χ2v) is 4.42. The highest BCUT2D eigenvalue weighted by Crippen LogP contribution is 2.46. The van der Waals surface area contributed by atoms with E-state index in [1.54, 1.807) is 5.32 Å². The highest BCUT2D eigenvalue weighted by Gasteiger charge is 2.58. The SMILES string of the molecule is O=C(N[C@@H]1C[C@@]2(C(=O)O)CO[C@@H]1C2)C(F)(F)F. The summed E-state index contributed by atoms with van der Waals surface area (Å²) < 4.78 is 41.2. The maximum Gasteiger partial charge on any atom is 0.471 e. The van der Waals surface area contributed by atoms with Crippen LogP contribution in [-0.2, 0) is 14.3 Å². The number of nitrogens with one attached hydrogen (secondary N) is 1. The van der Waals surface area contributed by atoms with E-state index >= 15 is 0 Å². The summed E-state index contributed by atoms with van der Waals surface area (Å²) in [6.45, 7) is -0.00854. The van der Waals surface area contributed by atoms with Crippen molar-refractivity contribution in [2.45, 2.75) is 31.2 Å². The summed E-state index contributed by atoms with van der Waals surface area (Å²) >= 11 is 0. The molecule has 2 N–H and O–H groups in total. The first-order valence-electron chi connectivity index (χ1n) is 4.97. The van der Waals surface area contributed by atoms with Gasteiger partial charge in [0.25, 0.3) is 0 Å². The largest absolute Gasteiger partial charge is 0.481 e. The van der Waals surface area contributed by atoms with E-state index in [2.05, 4.69) is 0 Å². The number of ether oxygens (including phenoxy) is 1. The molecule has 0 aromatic heterocycles. The number of carboxylic acids is 1. The molecular weight excluding hydrogens is 243 g/mol. The molecule has 96 valence electrons. The van der Waals surface area contributed by atoms with E-state index < -0.39 is 35.6 Å². The number of rotatable bonds is 2. The number of amides is 1. The standard InChI is InChI=1S/C9H10F3NO4/c10-9(11,12)6(14)13-4-1-8(7(15)16)2-5(4)17-3-8/h4-5H,1-3H2,(H,13,14)(H,15,16)/t4-,5-,8+/m1/s1. The Hall–Kier alpha value is -1.31. The van der Waals surface area contributed by atoms with Crippen LogP contribution in [0.1, 0.15) is 12.8 Å².